The highest BCUT2D eigenvalue weighted by molar-refractivity contribution is 7.15. The van der Waals surface area contributed by atoms with Gasteiger partial charge >= 0.3 is 6.18 Å². The maximum atomic E-state index is 12.6. The number of halogens is 3. The molecule has 0 aliphatic heterocycles. The number of H-pyrrole nitrogens is 1. The fraction of sp³-hybridized carbons (Fsp3) is 0.167. The summed E-state index contributed by atoms with van der Waals surface area (Å²) >= 11 is 1.19. The molecule has 140 valence electrons. The van der Waals surface area contributed by atoms with Crippen LogP contribution in [0.1, 0.15) is 32.1 Å². The Morgan fingerprint density at radius 3 is 2.52 bits per heavy atom. The van der Waals surface area contributed by atoms with Gasteiger partial charge in [-0.2, -0.15) is 13.2 Å². The van der Waals surface area contributed by atoms with Gasteiger partial charge in [-0.1, -0.05) is 12.1 Å². The summed E-state index contributed by atoms with van der Waals surface area (Å²) in [5.74, 6) is -0.577. The molecule has 0 spiro atoms. The van der Waals surface area contributed by atoms with Gasteiger partial charge in [0.1, 0.15) is 5.56 Å². The van der Waals surface area contributed by atoms with Gasteiger partial charge in [-0.25, -0.2) is 4.98 Å². The quantitative estimate of drug-likeness (QED) is 0.704. The summed E-state index contributed by atoms with van der Waals surface area (Å²) in [4.78, 5) is 31.4. The van der Waals surface area contributed by atoms with E-state index in [9.17, 15) is 22.8 Å². The first kappa shape index (κ1) is 18.8. The number of nitrogens with zero attached hydrogens (tertiary/aromatic N) is 1. The van der Waals surface area contributed by atoms with Gasteiger partial charge in [0.25, 0.3) is 11.5 Å². The lowest BCUT2D eigenvalue weighted by atomic mass is 10.1. The Morgan fingerprint density at radius 2 is 1.89 bits per heavy atom. The minimum atomic E-state index is -4.37. The lowest BCUT2D eigenvalue weighted by Crippen LogP contribution is -2.23. The summed E-state index contributed by atoms with van der Waals surface area (Å²) in [7, 11) is 0. The molecule has 2 N–H and O–H groups in total. The van der Waals surface area contributed by atoms with Crippen LogP contribution in [0.2, 0.25) is 0 Å². The molecule has 0 saturated heterocycles. The number of rotatable bonds is 4. The fourth-order valence-corrected chi connectivity index (χ4v) is 3.22. The number of nitrogens with one attached hydrogen (secondary N) is 2. The van der Waals surface area contributed by atoms with E-state index in [1.54, 1.807) is 13.0 Å². The predicted molar refractivity (Wildman–Crippen MR) is 96.1 cm³/mol. The monoisotopic (exact) mass is 393 g/mol. The molecule has 3 rings (SSSR count). The van der Waals surface area contributed by atoms with E-state index in [1.807, 2.05) is 0 Å². The first-order valence-electron chi connectivity index (χ1n) is 7.84. The summed E-state index contributed by atoms with van der Waals surface area (Å²) in [6.07, 6.45) is -2.44. The number of amides is 1. The molecule has 2 heterocycles. The fourth-order valence-electron chi connectivity index (χ4n) is 2.38. The van der Waals surface area contributed by atoms with Crippen molar-refractivity contribution < 1.29 is 18.0 Å². The Morgan fingerprint density at radius 1 is 1.19 bits per heavy atom. The van der Waals surface area contributed by atoms with Crippen LogP contribution in [-0.2, 0) is 12.6 Å². The van der Waals surface area contributed by atoms with Crippen molar-refractivity contribution in [1.82, 2.24) is 9.97 Å². The number of benzene rings is 1. The number of aromatic nitrogens is 2. The highest BCUT2D eigenvalue weighted by Crippen LogP contribution is 2.30. The van der Waals surface area contributed by atoms with Crippen LogP contribution >= 0.6 is 11.3 Å². The standard InChI is InChI=1S/C18H14F3N3O2S/c1-10-2-7-14(15(25)23-10)16(26)24-17-22-9-13(27-17)8-11-3-5-12(6-4-11)18(19,20)21/h2-7,9H,8H2,1H3,(H,23,25)(H,22,24,26). The lowest BCUT2D eigenvalue weighted by Gasteiger charge is -2.06. The molecule has 9 heteroatoms. The van der Waals surface area contributed by atoms with E-state index in [2.05, 4.69) is 15.3 Å². The maximum Gasteiger partial charge on any atom is 0.416 e. The Bertz CT molecular complexity index is 1020. The molecule has 0 aliphatic carbocycles. The third-order valence-electron chi connectivity index (χ3n) is 3.73. The largest absolute Gasteiger partial charge is 0.416 e. The smallest absolute Gasteiger partial charge is 0.326 e. The molecule has 3 aromatic rings. The minimum absolute atomic E-state index is 0.0277. The van der Waals surface area contributed by atoms with Crippen molar-refractivity contribution >= 4 is 22.4 Å². The minimum Gasteiger partial charge on any atom is -0.326 e. The van der Waals surface area contributed by atoms with Crippen molar-refractivity contribution in [1.29, 1.82) is 0 Å². The van der Waals surface area contributed by atoms with Crippen LogP contribution < -0.4 is 10.9 Å². The van der Waals surface area contributed by atoms with E-state index in [0.29, 0.717) is 22.8 Å². The molecule has 0 atom stereocenters. The van der Waals surface area contributed by atoms with Crippen molar-refractivity contribution in [3.63, 3.8) is 0 Å². The Kier molecular flexibility index (Phi) is 5.13. The Labute approximate surface area is 155 Å². The van der Waals surface area contributed by atoms with Gasteiger partial charge in [-0.05, 0) is 36.8 Å². The maximum absolute atomic E-state index is 12.6. The zero-order chi connectivity index (χ0) is 19.6. The molecule has 1 amide bonds. The number of aromatic amines is 1. The van der Waals surface area contributed by atoms with E-state index in [4.69, 9.17) is 0 Å². The molecule has 0 saturated carbocycles. The van der Waals surface area contributed by atoms with E-state index in [0.717, 1.165) is 17.0 Å². The summed E-state index contributed by atoms with van der Waals surface area (Å²) < 4.78 is 37.8. The number of hydrogen-bond donors (Lipinski definition) is 2. The number of thiazole rings is 1. The number of aryl methyl sites for hydroxylation is 1. The van der Waals surface area contributed by atoms with E-state index in [1.165, 1.54) is 35.7 Å². The van der Waals surface area contributed by atoms with Crippen LogP contribution in [0.3, 0.4) is 0 Å². The SMILES string of the molecule is Cc1ccc(C(=O)Nc2ncc(Cc3ccc(C(F)(F)F)cc3)s2)c(=O)[nH]1. The van der Waals surface area contributed by atoms with Gasteiger partial charge in [0.05, 0.1) is 5.56 Å². The third-order valence-corrected chi connectivity index (χ3v) is 4.65. The van der Waals surface area contributed by atoms with Crippen LogP contribution in [0.15, 0.2) is 47.4 Å². The molecule has 0 bridgehead atoms. The van der Waals surface area contributed by atoms with E-state index in [-0.39, 0.29) is 5.56 Å². The molecule has 1 aromatic carbocycles. The molecule has 0 fully saturated rings. The second kappa shape index (κ2) is 7.36. The average molecular weight is 393 g/mol. The molecule has 2 aromatic heterocycles. The number of carbonyl (C=O) groups excluding carboxylic acids is 1. The average Bonchev–Trinajstić information content (AvgIpc) is 3.01. The number of pyridine rings is 1. The van der Waals surface area contributed by atoms with Crippen LogP contribution in [0, 0.1) is 6.92 Å². The second-order valence-corrected chi connectivity index (χ2v) is 6.96. The number of carbonyl (C=O) groups is 1. The summed E-state index contributed by atoms with van der Waals surface area (Å²) in [5.41, 5.74) is 0.116. The van der Waals surface area contributed by atoms with Gasteiger partial charge in [-0.3, -0.25) is 14.9 Å². The third kappa shape index (κ3) is 4.62. The molecule has 27 heavy (non-hydrogen) atoms. The van der Waals surface area contributed by atoms with Crippen molar-refractivity contribution in [2.45, 2.75) is 19.5 Å². The normalized spacial score (nSPS) is 11.4. The van der Waals surface area contributed by atoms with Crippen LogP contribution in [0.5, 0.6) is 0 Å². The topological polar surface area (TPSA) is 74.8 Å². The van der Waals surface area contributed by atoms with Crippen LogP contribution in [0.25, 0.3) is 0 Å². The van der Waals surface area contributed by atoms with Crippen LogP contribution in [0.4, 0.5) is 18.3 Å². The number of anilines is 1. The zero-order valence-electron chi connectivity index (χ0n) is 14.1. The summed E-state index contributed by atoms with van der Waals surface area (Å²) in [6, 6.07) is 7.93. The molecule has 0 unspecified atom stereocenters. The molecule has 5 nitrogen and oxygen atoms in total. The van der Waals surface area contributed by atoms with E-state index >= 15 is 0 Å². The van der Waals surface area contributed by atoms with Crippen molar-refractivity contribution in [2.75, 3.05) is 5.32 Å². The highest BCUT2D eigenvalue weighted by Gasteiger charge is 2.29. The Balaban J connectivity index is 1.68. The Hall–Kier alpha value is -2.94. The van der Waals surface area contributed by atoms with Gasteiger partial charge in [0.15, 0.2) is 5.13 Å². The molecular weight excluding hydrogens is 379 g/mol. The van der Waals surface area contributed by atoms with Crippen molar-refractivity contribution in [3.05, 3.63) is 80.2 Å². The first-order chi connectivity index (χ1) is 12.7. The number of hydrogen-bond acceptors (Lipinski definition) is 4. The summed E-state index contributed by atoms with van der Waals surface area (Å²) in [5, 5.41) is 2.86. The van der Waals surface area contributed by atoms with Crippen molar-refractivity contribution in [3.8, 4) is 0 Å². The zero-order valence-corrected chi connectivity index (χ0v) is 14.9. The van der Waals surface area contributed by atoms with Crippen molar-refractivity contribution in [2.24, 2.45) is 0 Å². The van der Waals surface area contributed by atoms with Gasteiger partial charge in [-0.15, -0.1) is 11.3 Å². The number of alkyl halides is 3. The van der Waals surface area contributed by atoms with Gasteiger partial charge < -0.3 is 4.98 Å². The molecular formula is C18H14F3N3O2S. The summed E-state index contributed by atoms with van der Waals surface area (Å²) in [6.45, 7) is 1.71. The highest BCUT2D eigenvalue weighted by atomic mass is 32.1. The molecule has 0 radical (unpaired) electrons. The first-order valence-corrected chi connectivity index (χ1v) is 8.66. The van der Waals surface area contributed by atoms with Crippen LogP contribution in [-0.4, -0.2) is 15.9 Å². The van der Waals surface area contributed by atoms with Gasteiger partial charge in [0, 0.05) is 23.2 Å². The van der Waals surface area contributed by atoms with Gasteiger partial charge in [0.2, 0.25) is 0 Å². The van der Waals surface area contributed by atoms with E-state index < -0.39 is 23.2 Å². The predicted octanol–water partition coefficient (Wildman–Crippen LogP) is 4.00. The second-order valence-electron chi connectivity index (χ2n) is 5.84. The lowest BCUT2D eigenvalue weighted by molar-refractivity contribution is -0.137. The molecule has 0 aliphatic rings.